The largest absolute Gasteiger partial charge is 0.342 e. The SMILES string of the molecule is CC(C)c1ccc([C@@H](NC(=O)[C@@H]2[C@H]3CC[C@H]3CN2C(=O)CC2=CN[NH2+]N2)c2ccccc2)nc1F. The predicted octanol–water partition coefficient (Wildman–Crippen LogP) is 1.60. The summed E-state index contributed by atoms with van der Waals surface area (Å²) < 4.78 is 14.8. The average molecular weight is 480 g/mol. The first kappa shape index (κ1) is 23.3. The summed E-state index contributed by atoms with van der Waals surface area (Å²) in [6, 6.07) is 11.8. The van der Waals surface area contributed by atoms with Crippen LogP contribution in [0.1, 0.15) is 61.9 Å². The van der Waals surface area contributed by atoms with Crippen molar-refractivity contribution in [1.29, 1.82) is 0 Å². The zero-order chi connectivity index (χ0) is 24.5. The third-order valence-corrected chi connectivity index (χ3v) is 7.41. The third kappa shape index (κ3) is 4.60. The average Bonchev–Trinajstić information content (AvgIpc) is 3.43. The van der Waals surface area contributed by atoms with E-state index in [0.717, 1.165) is 24.1 Å². The molecule has 1 saturated heterocycles. The number of nitrogens with two attached hydrogens (primary N) is 1. The third-order valence-electron chi connectivity index (χ3n) is 7.41. The van der Waals surface area contributed by atoms with E-state index < -0.39 is 18.0 Å². The van der Waals surface area contributed by atoms with E-state index in [-0.39, 0.29) is 30.1 Å². The maximum Gasteiger partial charge on any atom is 0.243 e. The van der Waals surface area contributed by atoms with Crippen molar-refractivity contribution in [2.24, 2.45) is 11.8 Å². The second kappa shape index (κ2) is 9.65. The van der Waals surface area contributed by atoms with Crippen molar-refractivity contribution in [3.8, 4) is 0 Å². The topological polar surface area (TPSA) is 103 Å². The number of benzene rings is 1. The lowest BCUT2D eigenvalue weighted by Crippen LogP contribution is -2.96. The molecule has 0 radical (unpaired) electrons. The van der Waals surface area contributed by atoms with E-state index >= 15 is 0 Å². The molecule has 2 aromatic rings. The van der Waals surface area contributed by atoms with Gasteiger partial charge in [-0.25, -0.2) is 15.8 Å². The molecule has 1 saturated carbocycles. The molecule has 0 bridgehead atoms. The van der Waals surface area contributed by atoms with Gasteiger partial charge in [0.2, 0.25) is 17.8 Å². The quantitative estimate of drug-likeness (QED) is 0.357. The monoisotopic (exact) mass is 479 g/mol. The van der Waals surface area contributed by atoms with Crippen LogP contribution in [-0.2, 0) is 9.59 Å². The molecule has 5 N–H and O–H groups in total. The van der Waals surface area contributed by atoms with Gasteiger partial charge in [0.05, 0.1) is 30.1 Å². The number of halogens is 1. The fraction of sp³-hybridized carbons (Fsp3) is 0.423. The lowest BCUT2D eigenvalue weighted by molar-refractivity contribution is -0.739. The van der Waals surface area contributed by atoms with Crippen LogP contribution in [0, 0.1) is 17.8 Å². The number of nitrogens with one attached hydrogen (secondary N) is 3. The van der Waals surface area contributed by atoms with E-state index in [1.165, 1.54) is 0 Å². The summed E-state index contributed by atoms with van der Waals surface area (Å²) in [5, 5.41) is 3.12. The number of pyridine rings is 1. The van der Waals surface area contributed by atoms with Gasteiger partial charge in [-0.05, 0) is 42.2 Å². The minimum atomic E-state index is -0.617. The molecule has 9 heteroatoms. The Kier molecular flexibility index (Phi) is 6.42. The van der Waals surface area contributed by atoms with E-state index in [2.05, 4.69) is 21.2 Å². The second-order valence-electron chi connectivity index (χ2n) is 9.92. The summed E-state index contributed by atoms with van der Waals surface area (Å²) in [7, 11) is 0. The van der Waals surface area contributed by atoms with Crippen LogP contribution in [0.4, 0.5) is 4.39 Å². The van der Waals surface area contributed by atoms with E-state index in [0.29, 0.717) is 23.7 Å². The van der Waals surface area contributed by atoms with Gasteiger partial charge in [0.25, 0.3) is 0 Å². The molecular formula is C26H32FN6O2+. The number of hydrogen-bond donors (Lipinski definition) is 4. The number of aromatic nitrogens is 1. The summed E-state index contributed by atoms with van der Waals surface area (Å²) in [5.74, 6) is -0.302. The molecule has 35 heavy (non-hydrogen) atoms. The van der Waals surface area contributed by atoms with Crippen LogP contribution in [0.2, 0.25) is 0 Å². The van der Waals surface area contributed by atoms with Gasteiger partial charge in [-0.3, -0.25) is 9.59 Å². The van der Waals surface area contributed by atoms with Crippen molar-refractivity contribution in [3.63, 3.8) is 0 Å². The maximum absolute atomic E-state index is 14.8. The van der Waals surface area contributed by atoms with Gasteiger partial charge in [0.15, 0.2) is 0 Å². The standard InChI is InChI=1S/C26H31FN6O2/c1-15(2)19-10-11-21(29-25(19)27)23(16-6-4-3-5-7-16)30-26(35)24-20-9-8-17(20)14-33(24)22(34)12-18-13-28-32-31-18/h3-7,10-11,13,15,17,20,23-24,28,31-32H,8-9,12,14H2,1-2H3,(H,30,35)/p+1/t17-,20-,23-,24-/m0/s1. The van der Waals surface area contributed by atoms with E-state index in [4.69, 9.17) is 0 Å². The van der Waals surface area contributed by atoms with Gasteiger partial charge in [-0.1, -0.05) is 50.2 Å². The summed E-state index contributed by atoms with van der Waals surface area (Å²) in [5.41, 5.74) is 10.2. The number of fused-ring (bicyclic) bond motifs is 1. The molecule has 5 rings (SSSR count). The summed E-state index contributed by atoms with van der Waals surface area (Å²) >= 11 is 0. The molecule has 1 aliphatic carbocycles. The van der Waals surface area contributed by atoms with Crippen LogP contribution in [-0.4, -0.2) is 34.3 Å². The van der Waals surface area contributed by atoms with Gasteiger partial charge < -0.3 is 10.2 Å². The number of likely N-dealkylation sites (tertiary alicyclic amines) is 1. The Bertz CT molecular complexity index is 1140. The molecular weight excluding hydrogens is 447 g/mol. The molecule has 0 spiro atoms. The fourth-order valence-electron chi connectivity index (χ4n) is 5.36. The number of quaternary nitrogens is 1. The fourth-order valence-corrected chi connectivity index (χ4v) is 5.36. The van der Waals surface area contributed by atoms with Crippen LogP contribution in [0.25, 0.3) is 0 Å². The molecule has 3 aliphatic rings. The molecule has 2 amide bonds. The van der Waals surface area contributed by atoms with Crippen LogP contribution in [0.5, 0.6) is 0 Å². The first-order valence-corrected chi connectivity index (χ1v) is 12.3. The van der Waals surface area contributed by atoms with Crippen molar-refractivity contribution >= 4 is 11.8 Å². The number of carbonyl (C=O) groups excluding carboxylic acids is 2. The molecule has 1 aromatic carbocycles. The van der Waals surface area contributed by atoms with Crippen LogP contribution >= 0.6 is 0 Å². The number of rotatable bonds is 7. The number of carbonyl (C=O) groups is 2. The van der Waals surface area contributed by atoms with Crippen LogP contribution in [0.15, 0.2) is 54.4 Å². The van der Waals surface area contributed by atoms with Crippen molar-refractivity contribution in [3.05, 3.63) is 77.1 Å². The minimum absolute atomic E-state index is 0.00666. The first-order chi connectivity index (χ1) is 16.9. The number of nitrogens with zero attached hydrogens (tertiary/aromatic N) is 2. The predicted molar refractivity (Wildman–Crippen MR) is 127 cm³/mol. The number of hydrogen-bond acceptors (Lipinski definition) is 5. The van der Waals surface area contributed by atoms with Gasteiger partial charge >= 0.3 is 0 Å². The second-order valence-corrected chi connectivity index (χ2v) is 9.92. The van der Waals surface area contributed by atoms with Gasteiger partial charge in [-0.2, -0.15) is 9.93 Å². The normalized spacial score (nSPS) is 23.6. The van der Waals surface area contributed by atoms with Crippen LogP contribution in [0.3, 0.4) is 0 Å². The molecule has 0 unspecified atom stereocenters. The zero-order valence-electron chi connectivity index (χ0n) is 20.0. The molecule has 184 valence electrons. The highest BCUT2D eigenvalue weighted by Gasteiger charge is 2.52. The van der Waals surface area contributed by atoms with Gasteiger partial charge in [0.1, 0.15) is 6.04 Å². The molecule has 8 nitrogen and oxygen atoms in total. The zero-order valence-corrected chi connectivity index (χ0v) is 20.0. The highest BCUT2D eigenvalue weighted by atomic mass is 19.1. The van der Waals surface area contributed by atoms with Crippen molar-refractivity contribution in [1.82, 2.24) is 26.1 Å². The lowest BCUT2D eigenvalue weighted by atomic mass is 9.73. The maximum atomic E-state index is 14.8. The highest BCUT2D eigenvalue weighted by Crippen LogP contribution is 2.45. The Morgan fingerprint density at radius 2 is 2.00 bits per heavy atom. The molecule has 3 heterocycles. The Balaban J connectivity index is 1.41. The Labute approximate surface area is 204 Å². The highest BCUT2D eigenvalue weighted by molar-refractivity contribution is 5.90. The van der Waals surface area contributed by atoms with Crippen molar-refractivity contribution < 1.29 is 19.5 Å². The Morgan fingerprint density at radius 1 is 1.20 bits per heavy atom. The Hall–Kier alpha value is -3.46. The van der Waals surface area contributed by atoms with Crippen molar-refractivity contribution in [2.75, 3.05) is 6.54 Å². The smallest absolute Gasteiger partial charge is 0.243 e. The van der Waals surface area contributed by atoms with E-state index in [9.17, 15) is 14.0 Å². The van der Waals surface area contributed by atoms with Crippen molar-refractivity contribution in [2.45, 2.75) is 51.1 Å². The van der Waals surface area contributed by atoms with E-state index in [1.54, 1.807) is 28.8 Å². The summed E-state index contributed by atoms with van der Waals surface area (Å²) in [6.07, 6.45) is 3.91. The summed E-state index contributed by atoms with van der Waals surface area (Å²) in [4.78, 5) is 32.9. The van der Waals surface area contributed by atoms with Crippen LogP contribution < -0.4 is 21.7 Å². The minimum Gasteiger partial charge on any atom is -0.342 e. The van der Waals surface area contributed by atoms with Gasteiger partial charge in [-0.15, -0.1) is 0 Å². The molecule has 2 aliphatic heterocycles. The summed E-state index contributed by atoms with van der Waals surface area (Å²) in [6.45, 7) is 4.43. The lowest BCUT2D eigenvalue weighted by Gasteiger charge is -2.34. The molecule has 1 aromatic heterocycles. The van der Waals surface area contributed by atoms with E-state index in [1.807, 2.05) is 44.2 Å². The number of amides is 2. The molecule has 2 fully saturated rings. The van der Waals surface area contributed by atoms with Gasteiger partial charge in [0, 0.05) is 12.1 Å². The first-order valence-electron chi connectivity index (χ1n) is 12.3. The Morgan fingerprint density at radius 3 is 2.63 bits per heavy atom. The molecule has 4 atom stereocenters.